The summed E-state index contributed by atoms with van der Waals surface area (Å²) < 4.78 is 9.40. The summed E-state index contributed by atoms with van der Waals surface area (Å²) >= 11 is 0. The molecule has 0 aliphatic heterocycles. The number of nitrogens with zero attached hydrogens (tertiary/aromatic N) is 2. The molecule has 0 bridgehead atoms. The molecule has 2 heterocycles. The summed E-state index contributed by atoms with van der Waals surface area (Å²) in [5, 5.41) is 0. The first-order valence-electron chi connectivity index (χ1n) is 8.30. The number of methoxy groups -OCH3 is 1. The average molecular weight is 323 g/mol. The summed E-state index contributed by atoms with van der Waals surface area (Å²) in [6.45, 7) is 4.60. The summed E-state index contributed by atoms with van der Waals surface area (Å²) in [6.07, 6.45) is 6.03. The largest absolute Gasteiger partial charge is 0.497 e. The second-order valence-electron chi connectivity index (χ2n) is 6.00. The Morgan fingerprint density at radius 1 is 1.17 bits per heavy atom. The van der Waals surface area contributed by atoms with Crippen molar-refractivity contribution in [2.24, 2.45) is 0 Å². The molecule has 0 amide bonds. The quantitative estimate of drug-likeness (QED) is 0.515. The van der Waals surface area contributed by atoms with E-state index in [4.69, 9.17) is 4.74 Å². The molecule has 0 radical (unpaired) electrons. The van der Waals surface area contributed by atoms with E-state index in [1.165, 1.54) is 16.9 Å². The molecule has 24 heavy (non-hydrogen) atoms. The number of hydrogen-bond donors (Lipinski definition) is 0. The number of fused-ring (bicyclic) bond motifs is 1. The molecule has 0 atom stereocenters. The van der Waals surface area contributed by atoms with E-state index in [0.29, 0.717) is 12.1 Å². The summed E-state index contributed by atoms with van der Waals surface area (Å²) in [5.41, 5.74) is 4.29. The number of aryl methyl sites for hydroxylation is 2. The van der Waals surface area contributed by atoms with Crippen LogP contribution >= 0.6 is 0 Å². The molecular formula is C20H23N2O2+. The van der Waals surface area contributed by atoms with Gasteiger partial charge < -0.3 is 9.14 Å². The molecule has 0 N–H and O–H groups in total. The Morgan fingerprint density at radius 3 is 2.58 bits per heavy atom. The summed E-state index contributed by atoms with van der Waals surface area (Å²) in [5.74, 6) is 0.864. The maximum atomic E-state index is 12.6. The summed E-state index contributed by atoms with van der Waals surface area (Å²) in [6, 6.07) is 11.5. The van der Waals surface area contributed by atoms with Gasteiger partial charge in [0, 0.05) is 17.7 Å². The van der Waals surface area contributed by atoms with E-state index in [9.17, 15) is 4.79 Å². The van der Waals surface area contributed by atoms with E-state index in [2.05, 4.69) is 34.9 Å². The van der Waals surface area contributed by atoms with Gasteiger partial charge in [-0.05, 0) is 49.7 Å². The number of Topliss-reactive ketones (excluding diaryl/α,β-unsaturated/α-hetero) is 1. The molecule has 0 aliphatic rings. The zero-order valence-corrected chi connectivity index (χ0v) is 14.5. The van der Waals surface area contributed by atoms with Crippen LogP contribution in [0.1, 0.15) is 35.1 Å². The van der Waals surface area contributed by atoms with Crippen LogP contribution in [0, 0.1) is 6.92 Å². The molecule has 3 rings (SSSR count). The number of carbonyl (C=O) groups is 1. The SMILES string of the molecule is CCCc1c2ccc(C)n2cc[n+]1CC(=O)c1ccc(OC)cc1. The zero-order valence-electron chi connectivity index (χ0n) is 14.5. The lowest BCUT2D eigenvalue weighted by molar-refractivity contribution is -0.689. The number of ether oxygens (including phenoxy) is 1. The number of hydrogen-bond acceptors (Lipinski definition) is 2. The lowest BCUT2D eigenvalue weighted by Crippen LogP contribution is -2.42. The Morgan fingerprint density at radius 2 is 1.92 bits per heavy atom. The van der Waals surface area contributed by atoms with Crippen LogP contribution in [0.3, 0.4) is 0 Å². The maximum Gasteiger partial charge on any atom is 0.227 e. The van der Waals surface area contributed by atoms with Gasteiger partial charge in [0.1, 0.15) is 11.3 Å². The molecule has 4 heteroatoms. The molecular weight excluding hydrogens is 300 g/mol. The lowest BCUT2D eigenvalue weighted by atomic mass is 10.1. The van der Waals surface area contributed by atoms with E-state index in [-0.39, 0.29) is 5.78 Å². The van der Waals surface area contributed by atoms with Gasteiger partial charge in [-0.1, -0.05) is 6.92 Å². The van der Waals surface area contributed by atoms with E-state index in [1.807, 2.05) is 36.7 Å². The van der Waals surface area contributed by atoms with Crippen LogP contribution in [0.5, 0.6) is 5.75 Å². The fourth-order valence-electron chi connectivity index (χ4n) is 3.05. The molecule has 124 valence electrons. The zero-order chi connectivity index (χ0) is 17.1. The molecule has 3 aromatic rings. The van der Waals surface area contributed by atoms with Crippen molar-refractivity contribution >= 4 is 11.3 Å². The van der Waals surface area contributed by atoms with Gasteiger partial charge >= 0.3 is 0 Å². The minimum atomic E-state index is 0.104. The number of aromatic nitrogens is 2. The van der Waals surface area contributed by atoms with Crippen LogP contribution in [0.2, 0.25) is 0 Å². The Kier molecular flexibility index (Phi) is 4.65. The molecule has 1 aromatic carbocycles. The van der Waals surface area contributed by atoms with Gasteiger partial charge in [-0.2, -0.15) is 4.57 Å². The van der Waals surface area contributed by atoms with Crippen molar-refractivity contribution in [1.29, 1.82) is 0 Å². The van der Waals surface area contributed by atoms with Crippen molar-refractivity contribution in [2.75, 3.05) is 7.11 Å². The van der Waals surface area contributed by atoms with Gasteiger partial charge in [0.05, 0.1) is 13.3 Å². The van der Waals surface area contributed by atoms with Crippen molar-refractivity contribution in [2.45, 2.75) is 33.2 Å². The summed E-state index contributed by atoms with van der Waals surface area (Å²) in [7, 11) is 1.62. The van der Waals surface area contributed by atoms with Gasteiger partial charge in [0.2, 0.25) is 18.0 Å². The smallest absolute Gasteiger partial charge is 0.227 e. The highest BCUT2D eigenvalue weighted by molar-refractivity contribution is 5.95. The lowest BCUT2D eigenvalue weighted by Gasteiger charge is -2.07. The molecule has 2 aromatic heterocycles. The van der Waals surface area contributed by atoms with Crippen LogP contribution in [0.15, 0.2) is 48.8 Å². The van der Waals surface area contributed by atoms with Crippen LogP contribution in [0.4, 0.5) is 0 Å². The Balaban J connectivity index is 1.93. The van der Waals surface area contributed by atoms with Crippen LogP contribution in [0.25, 0.3) is 5.52 Å². The van der Waals surface area contributed by atoms with E-state index >= 15 is 0 Å². The first-order chi connectivity index (χ1) is 11.6. The van der Waals surface area contributed by atoms with Gasteiger partial charge in [0.15, 0.2) is 6.20 Å². The van der Waals surface area contributed by atoms with Gasteiger partial charge in [0.25, 0.3) is 0 Å². The highest BCUT2D eigenvalue weighted by Crippen LogP contribution is 2.15. The van der Waals surface area contributed by atoms with Crippen LogP contribution < -0.4 is 9.30 Å². The van der Waals surface area contributed by atoms with Crippen molar-refractivity contribution in [3.05, 3.63) is 65.7 Å². The van der Waals surface area contributed by atoms with Gasteiger partial charge in [-0.3, -0.25) is 4.79 Å². The van der Waals surface area contributed by atoms with E-state index in [1.54, 1.807) is 7.11 Å². The normalized spacial score (nSPS) is 11.0. The number of ketones is 1. The minimum absolute atomic E-state index is 0.104. The van der Waals surface area contributed by atoms with Crippen LogP contribution in [-0.4, -0.2) is 17.3 Å². The van der Waals surface area contributed by atoms with Crippen molar-refractivity contribution in [1.82, 2.24) is 4.40 Å². The highest BCUT2D eigenvalue weighted by Gasteiger charge is 2.19. The standard InChI is InChI=1S/C20H23N2O2/c1-4-5-18-19-11-6-15(2)22(19)13-12-21(18)14-20(23)16-7-9-17(24-3)10-8-16/h6-13H,4-5,14H2,1-3H3/q+1. The third-order valence-corrected chi connectivity index (χ3v) is 4.37. The molecule has 0 saturated carbocycles. The third kappa shape index (κ3) is 3.04. The van der Waals surface area contributed by atoms with Crippen molar-refractivity contribution in [3.63, 3.8) is 0 Å². The number of carbonyl (C=O) groups excluding carboxylic acids is 1. The molecule has 0 unspecified atom stereocenters. The predicted molar refractivity (Wildman–Crippen MR) is 93.6 cm³/mol. The number of benzene rings is 1. The van der Waals surface area contributed by atoms with Crippen molar-refractivity contribution in [3.8, 4) is 5.75 Å². The second-order valence-corrected chi connectivity index (χ2v) is 6.00. The van der Waals surface area contributed by atoms with E-state index in [0.717, 1.165) is 18.6 Å². The van der Waals surface area contributed by atoms with Gasteiger partial charge in [-0.25, -0.2) is 0 Å². The molecule has 0 spiro atoms. The Labute approximate surface area is 142 Å². The van der Waals surface area contributed by atoms with Crippen LogP contribution in [-0.2, 0) is 13.0 Å². The monoisotopic (exact) mass is 323 g/mol. The first kappa shape index (κ1) is 16.2. The molecule has 4 nitrogen and oxygen atoms in total. The first-order valence-corrected chi connectivity index (χ1v) is 8.30. The summed E-state index contributed by atoms with van der Waals surface area (Å²) in [4.78, 5) is 12.6. The topological polar surface area (TPSA) is 34.6 Å². The average Bonchev–Trinajstić information content (AvgIpc) is 2.98. The highest BCUT2D eigenvalue weighted by atomic mass is 16.5. The number of rotatable bonds is 6. The molecule has 0 fully saturated rings. The predicted octanol–water partition coefficient (Wildman–Crippen LogP) is 3.38. The molecule has 0 aliphatic carbocycles. The fraction of sp³-hybridized carbons (Fsp3) is 0.300. The minimum Gasteiger partial charge on any atom is -0.497 e. The maximum absolute atomic E-state index is 12.6. The van der Waals surface area contributed by atoms with Crippen molar-refractivity contribution < 1.29 is 14.1 Å². The Hall–Kier alpha value is -2.62. The second kappa shape index (κ2) is 6.87. The van der Waals surface area contributed by atoms with E-state index < -0.39 is 0 Å². The third-order valence-electron chi connectivity index (χ3n) is 4.37. The van der Waals surface area contributed by atoms with Gasteiger partial charge in [-0.15, -0.1) is 0 Å². The fourth-order valence-corrected chi connectivity index (χ4v) is 3.05. The Bertz CT molecular complexity index is 863. The molecule has 0 saturated heterocycles.